The standard InChI is InChI=1S/C12H12N4O3/c1-16(11(17)8-5-14-15-6-8)10-3-2-7(12(18)19)4-9(10)13/h2-6H,13H2,1H3,(H,14,15)(H,18,19). The van der Waals surface area contributed by atoms with E-state index in [1.807, 2.05) is 0 Å². The third-order valence-corrected chi connectivity index (χ3v) is 2.69. The fourth-order valence-corrected chi connectivity index (χ4v) is 1.66. The molecule has 0 aliphatic heterocycles. The van der Waals surface area contributed by atoms with Crippen molar-refractivity contribution in [2.75, 3.05) is 17.7 Å². The zero-order chi connectivity index (χ0) is 14.0. The van der Waals surface area contributed by atoms with Crippen molar-refractivity contribution in [2.45, 2.75) is 0 Å². The first-order valence-electron chi connectivity index (χ1n) is 5.40. The smallest absolute Gasteiger partial charge is 0.335 e. The van der Waals surface area contributed by atoms with Crippen molar-refractivity contribution in [1.82, 2.24) is 10.2 Å². The molecule has 0 aliphatic rings. The highest BCUT2D eigenvalue weighted by Gasteiger charge is 2.17. The highest BCUT2D eigenvalue weighted by Crippen LogP contribution is 2.24. The molecule has 2 aromatic rings. The number of aromatic nitrogens is 2. The van der Waals surface area contributed by atoms with Crippen LogP contribution in [0.1, 0.15) is 20.7 Å². The molecule has 0 bridgehead atoms. The highest BCUT2D eigenvalue weighted by atomic mass is 16.4. The van der Waals surface area contributed by atoms with Crippen molar-refractivity contribution < 1.29 is 14.7 Å². The van der Waals surface area contributed by atoms with E-state index in [4.69, 9.17) is 10.8 Å². The number of nitrogens with one attached hydrogen (secondary N) is 1. The Hall–Kier alpha value is -2.83. The molecule has 2 rings (SSSR count). The molecule has 1 heterocycles. The number of benzene rings is 1. The molecular formula is C12H12N4O3. The zero-order valence-electron chi connectivity index (χ0n) is 10.1. The van der Waals surface area contributed by atoms with Gasteiger partial charge in [-0.1, -0.05) is 0 Å². The molecular weight excluding hydrogens is 248 g/mol. The van der Waals surface area contributed by atoms with Crippen LogP contribution in [0.4, 0.5) is 11.4 Å². The molecule has 4 N–H and O–H groups in total. The Morgan fingerprint density at radius 1 is 1.37 bits per heavy atom. The van der Waals surface area contributed by atoms with Crippen LogP contribution in [0.5, 0.6) is 0 Å². The number of rotatable bonds is 3. The van der Waals surface area contributed by atoms with Gasteiger partial charge in [-0.15, -0.1) is 0 Å². The molecule has 0 aliphatic carbocycles. The van der Waals surface area contributed by atoms with E-state index >= 15 is 0 Å². The summed E-state index contributed by atoms with van der Waals surface area (Å²) in [5.74, 6) is -1.36. The predicted molar refractivity (Wildman–Crippen MR) is 69.1 cm³/mol. The van der Waals surface area contributed by atoms with E-state index in [2.05, 4.69) is 10.2 Å². The van der Waals surface area contributed by atoms with E-state index in [1.54, 1.807) is 7.05 Å². The summed E-state index contributed by atoms with van der Waals surface area (Å²) >= 11 is 0. The van der Waals surface area contributed by atoms with Crippen LogP contribution in [0.15, 0.2) is 30.6 Å². The number of carbonyl (C=O) groups is 2. The maximum Gasteiger partial charge on any atom is 0.335 e. The molecule has 0 unspecified atom stereocenters. The molecule has 98 valence electrons. The normalized spacial score (nSPS) is 10.2. The molecule has 0 saturated carbocycles. The minimum Gasteiger partial charge on any atom is -0.478 e. The Morgan fingerprint density at radius 2 is 2.11 bits per heavy atom. The molecule has 7 heteroatoms. The lowest BCUT2D eigenvalue weighted by molar-refractivity contribution is 0.0697. The predicted octanol–water partition coefficient (Wildman–Crippen LogP) is 0.967. The Bertz CT molecular complexity index is 622. The Morgan fingerprint density at radius 3 is 2.63 bits per heavy atom. The van der Waals surface area contributed by atoms with Crippen molar-refractivity contribution in [1.29, 1.82) is 0 Å². The lowest BCUT2D eigenvalue weighted by Gasteiger charge is -2.18. The summed E-state index contributed by atoms with van der Waals surface area (Å²) in [7, 11) is 1.56. The second kappa shape index (κ2) is 4.81. The van der Waals surface area contributed by atoms with Crippen LogP contribution in [0.25, 0.3) is 0 Å². The van der Waals surface area contributed by atoms with Crippen LogP contribution in [-0.4, -0.2) is 34.2 Å². The molecule has 0 saturated heterocycles. The van der Waals surface area contributed by atoms with Gasteiger partial charge in [-0.25, -0.2) is 4.79 Å². The van der Waals surface area contributed by atoms with E-state index in [9.17, 15) is 9.59 Å². The summed E-state index contributed by atoms with van der Waals surface area (Å²) in [6, 6.07) is 4.21. The summed E-state index contributed by atoms with van der Waals surface area (Å²) in [4.78, 5) is 24.2. The van der Waals surface area contributed by atoms with Crippen molar-refractivity contribution >= 4 is 23.3 Å². The Kier molecular flexibility index (Phi) is 3.19. The fourth-order valence-electron chi connectivity index (χ4n) is 1.66. The lowest BCUT2D eigenvalue weighted by atomic mass is 10.1. The highest BCUT2D eigenvalue weighted by molar-refractivity contribution is 6.07. The zero-order valence-corrected chi connectivity index (χ0v) is 10.1. The number of hydrogen-bond donors (Lipinski definition) is 3. The molecule has 1 aromatic carbocycles. The van der Waals surface area contributed by atoms with Crippen molar-refractivity contribution in [2.24, 2.45) is 0 Å². The summed E-state index contributed by atoms with van der Waals surface area (Å²) < 4.78 is 0. The number of H-pyrrole nitrogens is 1. The third-order valence-electron chi connectivity index (χ3n) is 2.69. The largest absolute Gasteiger partial charge is 0.478 e. The number of aromatic amines is 1. The van der Waals surface area contributed by atoms with E-state index in [1.165, 1.54) is 35.5 Å². The van der Waals surface area contributed by atoms with Gasteiger partial charge in [0.2, 0.25) is 0 Å². The van der Waals surface area contributed by atoms with Gasteiger partial charge in [-0.2, -0.15) is 5.10 Å². The van der Waals surface area contributed by atoms with Crippen LogP contribution in [0.2, 0.25) is 0 Å². The topological polar surface area (TPSA) is 112 Å². The first-order valence-corrected chi connectivity index (χ1v) is 5.40. The van der Waals surface area contributed by atoms with Gasteiger partial charge in [-0.05, 0) is 18.2 Å². The SMILES string of the molecule is CN(C(=O)c1cn[nH]c1)c1ccc(C(=O)O)cc1N. The second-order valence-corrected chi connectivity index (χ2v) is 3.93. The Labute approximate surface area is 108 Å². The minimum atomic E-state index is -1.07. The number of aromatic carboxylic acids is 1. The van der Waals surface area contributed by atoms with Gasteiger partial charge in [0.05, 0.1) is 28.7 Å². The van der Waals surface area contributed by atoms with Gasteiger partial charge >= 0.3 is 5.97 Å². The number of carbonyl (C=O) groups excluding carboxylic acids is 1. The number of amides is 1. The quantitative estimate of drug-likeness (QED) is 0.712. The van der Waals surface area contributed by atoms with Gasteiger partial charge in [0.25, 0.3) is 5.91 Å². The van der Waals surface area contributed by atoms with Crippen LogP contribution < -0.4 is 10.6 Å². The van der Waals surface area contributed by atoms with Gasteiger partial charge in [-0.3, -0.25) is 9.89 Å². The van der Waals surface area contributed by atoms with Crippen LogP contribution in [-0.2, 0) is 0 Å². The minimum absolute atomic E-state index is 0.0745. The number of hydrogen-bond acceptors (Lipinski definition) is 4. The summed E-state index contributed by atoms with van der Waals surface area (Å²) in [6.07, 6.45) is 2.88. The Balaban J connectivity index is 2.32. The molecule has 1 amide bonds. The molecule has 0 radical (unpaired) electrons. The molecule has 0 spiro atoms. The van der Waals surface area contributed by atoms with Gasteiger partial charge in [0.15, 0.2) is 0 Å². The molecule has 0 atom stereocenters. The molecule has 19 heavy (non-hydrogen) atoms. The first kappa shape index (κ1) is 12.6. The molecule has 1 aromatic heterocycles. The molecule has 7 nitrogen and oxygen atoms in total. The maximum absolute atomic E-state index is 12.1. The van der Waals surface area contributed by atoms with Gasteiger partial charge < -0.3 is 15.7 Å². The number of carboxylic acid groups (broad SMARTS) is 1. The van der Waals surface area contributed by atoms with Crippen LogP contribution >= 0.6 is 0 Å². The average molecular weight is 260 g/mol. The maximum atomic E-state index is 12.1. The summed E-state index contributed by atoms with van der Waals surface area (Å²) in [6.45, 7) is 0. The summed E-state index contributed by atoms with van der Waals surface area (Å²) in [5, 5.41) is 15.1. The third kappa shape index (κ3) is 2.39. The number of nitrogens with two attached hydrogens (primary N) is 1. The van der Waals surface area contributed by atoms with E-state index in [0.717, 1.165) is 0 Å². The van der Waals surface area contributed by atoms with Crippen molar-refractivity contribution in [3.63, 3.8) is 0 Å². The number of anilines is 2. The monoisotopic (exact) mass is 260 g/mol. The summed E-state index contributed by atoms with van der Waals surface area (Å²) in [5.41, 5.74) is 6.90. The average Bonchev–Trinajstić information content (AvgIpc) is 2.90. The number of nitrogens with zero attached hydrogens (tertiary/aromatic N) is 2. The van der Waals surface area contributed by atoms with E-state index in [-0.39, 0.29) is 17.2 Å². The van der Waals surface area contributed by atoms with Crippen LogP contribution in [0, 0.1) is 0 Å². The molecule has 0 fully saturated rings. The number of carboxylic acids is 1. The fraction of sp³-hybridized carbons (Fsp3) is 0.0833. The van der Waals surface area contributed by atoms with Crippen molar-refractivity contribution in [3.8, 4) is 0 Å². The van der Waals surface area contributed by atoms with Crippen molar-refractivity contribution in [3.05, 3.63) is 41.7 Å². The number of nitrogen functional groups attached to an aromatic ring is 1. The first-order chi connectivity index (χ1) is 9.00. The van der Waals surface area contributed by atoms with Gasteiger partial charge in [0.1, 0.15) is 0 Å². The second-order valence-electron chi connectivity index (χ2n) is 3.93. The van der Waals surface area contributed by atoms with E-state index in [0.29, 0.717) is 11.3 Å². The van der Waals surface area contributed by atoms with Crippen LogP contribution in [0.3, 0.4) is 0 Å². The van der Waals surface area contributed by atoms with E-state index < -0.39 is 5.97 Å². The lowest BCUT2D eigenvalue weighted by Crippen LogP contribution is -2.26. The van der Waals surface area contributed by atoms with Gasteiger partial charge in [0, 0.05) is 13.2 Å².